The van der Waals surface area contributed by atoms with Crippen molar-refractivity contribution in [1.29, 1.82) is 0 Å². The molecule has 1 heteroatoms. The van der Waals surface area contributed by atoms with Gasteiger partial charge in [-0.3, -0.25) is 4.79 Å². The molecular weight excluding hydrogens is 184 g/mol. The predicted molar refractivity (Wildman–Crippen MR) is 64.6 cm³/mol. The molecule has 0 unspecified atom stereocenters. The summed E-state index contributed by atoms with van der Waals surface area (Å²) in [7, 11) is 0. The highest BCUT2D eigenvalue weighted by molar-refractivity contribution is 5.85. The number of ketones is 1. The first-order valence-corrected chi connectivity index (χ1v) is 5.86. The summed E-state index contributed by atoms with van der Waals surface area (Å²) < 4.78 is 0. The molecule has 0 heterocycles. The Morgan fingerprint density at radius 1 is 0.733 bits per heavy atom. The number of hydrogen-bond donors (Lipinski definition) is 0. The Kier molecular flexibility index (Phi) is 4.31. The van der Waals surface area contributed by atoms with Crippen LogP contribution >= 0.6 is 0 Å². The first-order chi connectivity index (χ1) is 7.33. The van der Waals surface area contributed by atoms with E-state index in [1.165, 1.54) is 32.1 Å². The van der Waals surface area contributed by atoms with Crippen LogP contribution in [-0.4, -0.2) is 5.78 Å². The fourth-order valence-electron chi connectivity index (χ4n) is 3.65. The second-order valence-electron chi connectivity index (χ2n) is 4.71. The van der Waals surface area contributed by atoms with E-state index in [2.05, 4.69) is 26.3 Å². The van der Waals surface area contributed by atoms with Gasteiger partial charge in [0.2, 0.25) is 0 Å². The normalized spacial score (nSPS) is 39.9. The fourth-order valence-corrected chi connectivity index (χ4v) is 3.65. The molecule has 0 radical (unpaired) electrons. The van der Waals surface area contributed by atoms with Crippen LogP contribution < -0.4 is 0 Å². The van der Waals surface area contributed by atoms with Crippen LogP contribution in [0, 0.1) is 23.7 Å². The lowest BCUT2D eigenvalue weighted by molar-refractivity contribution is -0.139. The zero-order valence-corrected chi connectivity index (χ0v) is 9.58. The van der Waals surface area contributed by atoms with Gasteiger partial charge in [-0.2, -0.15) is 0 Å². The molecule has 0 atom stereocenters. The van der Waals surface area contributed by atoms with Crippen LogP contribution in [0.1, 0.15) is 32.1 Å². The van der Waals surface area contributed by atoms with Gasteiger partial charge in [0.15, 0.2) is 0 Å². The van der Waals surface area contributed by atoms with E-state index in [-0.39, 0.29) is 0 Å². The van der Waals surface area contributed by atoms with E-state index in [9.17, 15) is 4.79 Å². The van der Waals surface area contributed by atoms with Crippen LogP contribution in [0.25, 0.3) is 0 Å². The zero-order valence-electron chi connectivity index (χ0n) is 9.58. The highest BCUT2D eigenvalue weighted by Crippen LogP contribution is 2.51. The van der Waals surface area contributed by atoms with Gasteiger partial charge in [0, 0.05) is 11.8 Å². The second-order valence-corrected chi connectivity index (χ2v) is 4.71. The van der Waals surface area contributed by atoms with E-state index in [0.29, 0.717) is 17.6 Å². The van der Waals surface area contributed by atoms with Gasteiger partial charge in [0.1, 0.15) is 5.78 Å². The van der Waals surface area contributed by atoms with Gasteiger partial charge in [0.05, 0.1) is 0 Å². The van der Waals surface area contributed by atoms with Crippen molar-refractivity contribution in [3.8, 4) is 0 Å². The lowest BCUT2D eigenvalue weighted by atomic mass is 9.56. The third kappa shape index (κ3) is 2.22. The van der Waals surface area contributed by atoms with Crippen LogP contribution in [0.2, 0.25) is 0 Å². The van der Waals surface area contributed by atoms with Crippen molar-refractivity contribution >= 4 is 5.78 Å². The van der Waals surface area contributed by atoms with Crippen LogP contribution in [0.4, 0.5) is 0 Å². The van der Waals surface area contributed by atoms with Crippen LogP contribution in [0.5, 0.6) is 0 Å². The number of carbonyl (C=O) groups is 1. The maximum Gasteiger partial charge on any atom is 0.139 e. The summed E-state index contributed by atoms with van der Waals surface area (Å²) in [5.41, 5.74) is 0. The molecule has 0 aromatic rings. The molecule has 0 saturated heterocycles. The molecule has 4 saturated carbocycles. The van der Waals surface area contributed by atoms with Gasteiger partial charge in [0.25, 0.3) is 0 Å². The minimum atomic E-state index is 0.506. The van der Waals surface area contributed by atoms with Gasteiger partial charge in [-0.25, -0.2) is 0 Å². The van der Waals surface area contributed by atoms with Crippen molar-refractivity contribution < 1.29 is 4.79 Å². The summed E-state index contributed by atoms with van der Waals surface area (Å²) >= 11 is 0. The highest BCUT2D eigenvalue weighted by Gasteiger charge is 2.47. The molecule has 0 aromatic heterocycles. The third-order valence-corrected chi connectivity index (χ3v) is 3.94. The summed E-state index contributed by atoms with van der Waals surface area (Å²) in [5.74, 6) is 3.51. The molecule has 4 fully saturated rings. The number of hydrogen-bond acceptors (Lipinski definition) is 1. The third-order valence-electron chi connectivity index (χ3n) is 3.94. The van der Waals surface area contributed by atoms with Gasteiger partial charge < -0.3 is 0 Å². The smallest absolute Gasteiger partial charge is 0.139 e. The van der Waals surface area contributed by atoms with E-state index >= 15 is 0 Å². The topological polar surface area (TPSA) is 17.1 Å². The summed E-state index contributed by atoms with van der Waals surface area (Å²) in [6, 6.07) is 0. The molecule has 0 N–H and O–H groups in total. The highest BCUT2D eigenvalue weighted by atomic mass is 16.1. The average molecular weight is 206 g/mol. The maximum atomic E-state index is 11.6. The number of rotatable bonds is 0. The van der Waals surface area contributed by atoms with Crippen molar-refractivity contribution in [2.24, 2.45) is 23.7 Å². The second kappa shape index (κ2) is 5.29. The zero-order chi connectivity index (χ0) is 11.4. The SMILES string of the molecule is C=C.C=C.O=C1C2CC3CC(C2)CC1C3. The van der Waals surface area contributed by atoms with Crippen molar-refractivity contribution in [2.45, 2.75) is 32.1 Å². The lowest BCUT2D eigenvalue weighted by Crippen LogP contribution is -2.45. The Labute approximate surface area is 93.3 Å². The van der Waals surface area contributed by atoms with Crippen LogP contribution in [-0.2, 0) is 4.79 Å². The monoisotopic (exact) mass is 206 g/mol. The first-order valence-electron chi connectivity index (χ1n) is 5.86. The molecule has 4 aliphatic carbocycles. The molecule has 15 heavy (non-hydrogen) atoms. The van der Waals surface area contributed by atoms with Crippen LogP contribution in [0.15, 0.2) is 26.3 Å². The lowest BCUT2D eigenvalue weighted by Gasteiger charge is -2.48. The Morgan fingerprint density at radius 2 is 1.07 bits per heavy atom. The molecule has 0 aromatic carbocycles. The molecule has 4 bridgehead atoms. The Bertz CT molecular complexity index is 199. The Morgan fingerprint density at radius 3 is 1.40 bits per heavy atom. The van der Waals surface area contributed by atoms with Crippen molar-refractivity contribution in [3.63, 3.8) is 0 Å². The first kappa shape index (κ1) is 12.2. The average Bonchev–Trinajstić information content (AvgIpc) is 2.30. The molecular formula is C14H22O. The van der Waals surface area contributed by atoms with Crippen molar-refractivity contribution in [1.82, 2.24) is 0 Å². The summed E-state index contributed by atoms with van der Waals surface area (Å²) in [6.07, 6.45) is 6.41. The van der Waals surface area contributed by atoms with Gasteiger partial charge in [-0.1, -0.05) is 0 Å². The molecule has 4 aliphatic rings. The molecule has 84 valence electrons. The van der Waals surface area contributed by atoms with E-state index in [1.807, 2.05) is 0 Å². The molecule has 1 nitrogen and oxygen atoms in total. The Balaban J connectivity index is 0.000000255. The quantitative estimate of drug-likeness (QED) is 0.553. The summed E-state index contributed by atoms with van der Waals surface area (Å²) in [6.45, 7) is 12.0. The van der Waals surface area contributed by atoms with Crippen LogP contribution in [0.3, 0.4) is 0 Å². The van der Waals surface area contributed by atoms with E-state index in [4.69, 9.17) is 0 Å². The predicted octanol–water partition coefficient (Wildman–Crippen LogP) is 3.62. The molecule has 4 rings (SSSR count). The molecule has 0 amide bonds. The number of carbonyl (C=O) groups excluding carboxylic acids is 1. The van der Waals surface area contributed by atoms with E-state index < -0.39 is 0 Å². The van der Waals surface area contributed by atoms with Gasteiger partial charge >= 0.3 is 0 Å². The number of Topliss-reactive ketones (excluding diaryl/α,β-unsaturated/α-hetero) is 1. The van der Waals surface area contributed by atoms with E-state index in [0.717, 1.165) is 11.8 Å². The standard InChI is InChI=1S/C10H14O.2C2H4/c11-10-8-2-6-1-7(4-8)5-9(10)3-6;2*1-2/h6-9H,1-5H2;2*1-2H2. The Hall–Kier alpha value is -0.850. The summed E-state index contributed by atoms with van der Waals surface area (Å²) in [4.78, 5) is 11.6. The van der Waals surface area contributed by atoms with Crippen molar-refractivity contribution in [3.05, 3.63) is 26.3 Å². The molecule has 0 spiro atoms. The fraction of sp³-hybridized carbons (Fsp3) is 0.643. The van der Waals surface area contributed by atoms with Crippen molar-refractivity contribution in [2.75, 3.05) is 0 Å². The minimum absolute atomic E-state index is 0.506. The summed E-state index contributed by atoms with van der Waals surface area (Å²) in [5, 5.41) is 0. The molecule has 0 aliphatic heterocycles. The van der Waals surface area contributed by atoms with Gasteiger partial charge in [-0.05, 0) is 43.9 Å². The van der Waals surface area contributed by atoms with E-state index in [1.54, 1.807) is 0 Å². The van der Waals surface area contributed by atoms with Gasteiger partial charge in [-0.15, -0.1) is 26.3 Å². The largest absolute Gasteiger partial charge is 0.299 e. The minimum Gasteiger partial charge on any atom is -0.299 e. The maximum absolute atomic E-state index is 11.6.